The summed E-state index contributed by atoms with van der Waals surface area (Å²) in [4.78, 5) is 15.1. The third-order valence-electron chi connectivity index (χ3n) is 2.10. The number of halogens is 1. The van der Waals surface area contributed by atoms with Gasteiger partial charge in [-0.2, -0.15) is 0 Å². The molecule has 0 radical (unpaired) electrons. The molecule has 0 aliphatic rings. The van der Waals surface area contributed by atoms with Gasteiger partial charge in [0.05, 0.1) is 7.11 Å². The van der Waals surface area contributed by atoms with Crippen LogP contribution in [-0.4, -0.2) is 17.3 Å². The van der Waals surface area contributed by atoms with Gasteiger partial charge in [0.25, 0.3) is 5.24 Å². The number of carbonyl (C=O) groups excluding carboxylic acids is 1. The number of methoxy groups -OCH3 is 1. The molecule has 1 heterocycles. The van der Waals surface area contributed by atoms with Crippen molar-refractivity contribution in [2.75, 3.05) is 7.11 Å². The molecule has 15 heavy (non-hydrogen) atoms. The summed E-state index contributed by atoms with van der Waals surface area (Å²) >= 11 is 5.36. The highest BCUT2D eigenvalue weighted by Gasteiger charge is 2.07. The Kier molecular flexibility index (Phi) is 2.56. The van der Waals surface area contributed by atoms with Crippen molar-refractivity contribution in [3.8, 4) is 5.75 Å². The Hall–Kier alpha value is -1.61. The number of ether oxygens (including phenoxy) is 1. The summed E-state index contributed by atoms with van der Waals surface area (Å²) < 4.78 is 5.15. The fraction of sp³-hybridized carbons (Fsp3) is 0.0909. The van der Waals surface area contributed by atoms with E-state index in [9.17, 15) is 4.79 Å². The number of hydrogen-bond donors (Lipinski definition) is 0. The van der Waals surface area contributed by atoms with E-state index < -0.39 is 5.24 Å². The zero-order valence-corrected chi connectivity index (χ0v) is 8.78. The summed E-state index contributed by atoms with van der Waals surface area (Å²) in [5, 5.41) is 0.346. The van der Waals surface area contributed by atoms with Crippen LogP contribution in [0.15, 0.2) is 30.3 Å². The molecule has 0 spiro atoms. The number of rotatable bonds is 2. The molecule has 0 saturated carbocycles. The molecule has 0 aliphatic heterocycles. The third kappa shape index (κ3) is 1.78. The van der Waals surface area contributed by atoms with Crippen molar-refractivity contribution in [1.82, 2.24) is 4.98 Å². The molecular formula is C11H8ClNO2. The highest BCUT2D eigenvalue weighted by molar-refractivity contribution is 6.67. The fourth-order valence-electron chi connectivity index (χ4n) is 1.39. The second-order valence-electron chi connectivity index (χ2n) is 3.00. The Bertz CT molecular complexity index is 525. The SMILES string of the molecule is COc1cccc2ccc(C(=O)Cl)nc12. The average molecular weight is 222 g/mol. The van der Waals surface area contributed by atoms with Crippen LogP contribution in [0.1, 0.15) is 10.5 Å². The molecule has 1 aromatic heterocycles. The van der Waals surface area contributed by atoms with Crippen LogP contribution < -0.4 is 4.74 Å². The van der Waals surface area contributed by atoms with Gasteiger partial charge in [-0.15, -0.1) is 0 Å². The topological polar surface area (TPSA) is 39.2 Å². The maximum absolute atomic E-state index is 11.0. The minimum absolute atomic E-state index is 0.230. The summed E-state index contributed by atoms with van der Waals surface area (Å²) in [6.07, 6.45) is 0. The minimum atomic E-state index is -0.567. The zero-order chi connectivity index (χ0) is 10.8. The Morgan fingerprint density at radius 1 is 1.33 bits per heavy atom. The van der Waals surface area contributed by atoms with E-state index in [1.807, 2.05) is 12.1 Å². The maximum Gasteiger partial charge on any atom is 0.270 e. The smallest absolute Gasteiger partial charge is 0.270 e. The molecule has 0 unspecified atom stereocenters. The van der Waals surface area contributed by atoms with E-state index in [2.05, 4.69) is 4.98 Å². The first-order chi connectivity index (χ1) is 7.22. The molecule has 4 heteroatoms. The molecule has 2 rings (SSSR count). The molecule has 0 amide bonds. The highest BCUT2D eigenvalue weighted by Crippen LogP contribution is 2.23. The van der Waals surface area contributed by atoms with E-state index in [0.29, 0.717) is 11.3 Å². The Morgan fingerprint density at radius 2 is 2.13 bits per heavy atom. The highest BCUT2D eigenvalue weighted by atomic mass is 35.5. The summed E-state index contributed by atoms with van der Waals surface area (Å²) in [6.45, 7) is 0. The molecule has 0 saturated heterocycles. The molecule has 3 nitrogen and oxygen atoms in total. The number of pyridine rings is 1. The predicted molar refractivity (Wildman–Crippen MR) is 58.5 cm³/mol. The first-order valence-corrected chi connectivity index (χ1v) is 4.74. The van der Waals surface area contributed by atoms with E-state index >= 15 is 0 Å². The summed E-state index contributed by atoms with van der Waals surface area (Å²) in [5.74, 6) is 0.632. The molecule has 1 aromatic carbocycles. The van der Waals surface area contributed by atoms with Crippen molar-refractivity contribution >= 4 is 27.7 Å². The second-order valence-corrected chi connectivity index (χ2v) is 3.35. The molecule has 0 fully saturated rings. The monoisotopic (exact) mass is 221 g/mol. The number of para-hydroxylation sites is 1. The lowest BCUT2D eigenvalue weighted by molar-refractivity contribution is 0.107. The lowest BCUT2D eigenvalue weighted by atomic mass is 10.2. The van der Waals surface area contributed by atoms with Crippen molar-refractivity contribution in [2.45, 2.75) is 0 Å². The van der Waals surface area contributed by atoms with Gasteiger partial charge in [-0.1, -0.05) is 18.2 Å². The number of carbonyl (C=O) groups is 1. The van der Waals surface area contributed by atoms with Crippen molar-refractivity contribution in [3.05, 3.63) is 36.0 Å². The van der Waals surface area contributed by atoms with E-state index in [1.54, 1.807) is 25.3 Å². The first-order valence-electron chi connectivity index (χ1n) is 4.36. The van der Waals surface area contributed by atoms with Crippen molar-refractivity contribution < 1.29 is 9.53 Å². The third-order valence-corrected chi connectivity index (χ3v) is 2.30. The second kappa shape index (κ2) is 3.87. The number of aromatic nitrogens is 1. The van der Waals surface area contributed by atoms with Gasteiger partial charge >= 0.3 is 0 Å². The van der Waals surface area contributed by atoms with Crippen LogP contribution in [0.5, 0.6) is 5.75 Å². The lowest BCUT2D eigenvalue weighted by Crippen LogP contribution is -1.95. The van der Waals surface area contributed by atoms with Gasteiger partial charge in [-0.05, 0) is 23.7 Å². The molecule has 76 valence electrons. The van der Waals surface area contributed by atoms with E-state index in [1.165, 1.54) is 0 Å². The Balaban J connectivity index is 2.72. The Morgan fingerprint density at radius 3 is 2.80 bits per heavy atom. The van der Waals surface area contributed by atoms with Crippen LogP contribution in [0, 0.1) is 0 Å². The van der Waals surface area contributed by atoms with Gasteiger partial charge in [-0.25, -0.2) is 4.98 Å². The van der Waals surface area contributed by atoms with Crippen LogP contribution in [0.25, 0.3) is 10.9 Å². The normalized spacial score (nSPS) is 10.3. The van der Waals surface area contributed by atoms with Crippen LogP contribution in [0.2, 0.25) is 0 Å². The number of hydrogen-bond acceptors (Lipinski definition) is 3. The molecule has 0 bridgehead atoms. The molecular weight excluding hydrogens is 214 g/mol. The standard InChI is InChI=1S/C11H8ClNO2/c1-15-9-4-2-3-7-5-6-8(11(12)14)13-10(7)9/h2-6H,1H3. The summed E-state index contributed by atoms with van der Waals surface area (Å²) in [5.41, 5.74) is 0.875. The Labute approximate surface area is 91.6 Å². The number of nitrogens with zero attached hydrogens (tertiary/aromatic N) is 1. The molecule has 0 atom stereocenters. The number of fused-ring (bicyclic) bond motifs is 1. The lowest BCUT2D eigenvalue weighted by Gasteiger charge is -2.04. The summed E-state index contributed by atoms with van der Waals surface area (Å²) in [6, 6.07) is 8.94. The fourth-order valence-corrected chi connectivity index (χ4v) is 1.50. The zero-order valence-electron chi connectivity index (χ0n) is 8.03. The molecule has 0 aliphatic carbocycles. The van der Waals surface area contributed by atoms with Gasteiger partial charge in [0.1, 0.15) is 17.0 Å². The van der Waals surface area contributed by atoms with Gasteiger partial charge in [0, 0.05) is 5.39 Å². The van der Waals surface area contributed by atoms with Crippen LogP contribution in [0.3, 0.4) is 0 Å². The van der Waals surface area contributed by atoms with Gasteiger partial charge < -0.3 is 4.74 Å². The van der Waals surface area contributed by atoms with Gasteiger partial charge in [0.2, 0.25) is 0 Å². The maximum atomic E-state index is 11.0. The van der Waals surface area contributed by atoms with Crippen molar-refractivity contribution in [1.29, 1.82) is 0 Å². The van der Waals surface area contributed by atoms with Crippen molar-refractivity contribution in [2.24, 2.45) is 0 Å². The molecule has 2 aromatic rings. The van der Waals surface area contributed by atoms with Gasteiger partial charge in [0.15, 0.2) is 0 Å². The average Bonchev–Trinajstić information content (AvgIpc) is 2.27. The quantitative estimate of drug-likeness (QED) is 0.732. The first kappa shape index (κ1) is 9.93. The minimum Gasteiger partial charge on any atom is -0.494 e. The largest absolute Gasteiger partial charge is 0.494 e. The van der Waals surface area contributed by atoms with E-state index in [-0.39, 0.29) is 5.69 Å². The van der Waals surface area contributed by atoms with E-state index in [4.69, 9.17) is 16.3 Å². The van der Waals surface area contributed by atoms with E-state index in [0.717, 1.165) is 5.39 Å². The molecule has 0 N–H and O–H groups in total. The van der Waals surface area contributed by atoms with Crippen LogP contribution in [0.4, 0.5) is 0 Å². The number of benzene rings is 1. The van der Waals surface area contributed by atoms with Crippen LogP contribution >= 0.6 is 11.6 Å². The predicted octanol–water partition coefficient (Wildman–Crippen LogP) is 2.62. The summed E-state index contributed by atoms with van der Waals surface area (Å²) in [7, 11) is 1.56. The van der Waals surface area contributed by atoms with Gasteiger partial charge in [-0.3, -0.25) is 4.79 Å². The van der Waals surface area contributed by atoms with Crippen molar-refractivity contribution in [3.63, 3.8) is 0 Å². The van der Waals surface area contributed by atoms with Crippen LogP contribution in [-0.2, 0) is 0 Å².